The molecule has 0 aliphatic carbocycles. The van der Waals surface area contributed by atoms with Crippen molar-refractivity contribution in [3.8, 4) is 5.75 Å². The first-order valence-corrected chi connectivity index (χ1v) is 10.9. The van der Waals surface area contributed by atoms with Gasteiger partial charge in [0.2, 0.25) is 5.91 Å². The normalized spacial score (nSPS) is 15.6. The van der Waals surface area contributed by atoms with Crippen molar-refractivity contribution in [3.63, 3.8) is 0 Å². The monoisotopic (exact) mass is 477 g/mol. The Bertz CT molecular complexity index is 1270. The minimum absolute atomic E-state index is 0.0185. The molecule has 182 valence electrons. The van der Waals surface area contributed by atoms with Gasteiger partial charge in [0.05, 0.1) is 23.8 Å². The van der Waals surface area contributed by atoms with E-state index < -0.39 is 23.3 Å². The van der Waals surface area contributed by atoms with Crippen LogP contribution >= 0.6 is 0 Å². The largest absolute Gasteiger partial charge is 0.497 e. The molecule has 1 saturated heterocycles. The van der Waals surface area contributed by atoms with Crippen molar-refractivity contribution in [2.24, 2.45) is 7.05 Å². The van der Waals surface area contributed by atoms with Crippen LogP contribution in [0.1, 0.15) is 24.2 Å². The molecule has 4 rings (SSSR count). The number of nitrogens with zero attached hydrogens (tertiary/aromatic N) is 5. The standard InChI is InChI=1S/C23H26F3N5O3/c1-14-20-18(23(24,25)26)13-19(32)31(21(20)28(3)27-14)15(2)22(33)30-11-9-29(10-12-30)16-5-7-17(34-4)8-6-16/h5-8,13,15H,9-12H2,1-4H3. The minimum atomic E-state index is -4.71. The molecule has 0 N–H and O–H groups in total. The molecule has 1 unspecified atom stereocenters. The molecule has 0 radical (unpaired) electrons. The summed E-state index contributed by atoms with van der Waals surface area (Å²) in [4.78, 5) is 29.9. The maximum absolute atomic E-state index is 13.6. The van der Waals surface area contributed by atoms with Crippen molar-refractivity contribution >= 4 is 22.6 Å². The Balaban J connectivity index is 1.59. The molecule has 1 fully saturated rings. The van der Waals surface area contributed by atoms with Crippen molar-refractivity contribution < 1.29 is 22.7 Å². The van der Waals surface area contributed by atoms with Gasteiger partial charge in [-0.2, -0.15) is 18.3 Å². The fourth-order valence-electron chi connectivity index (χ4n) is 4.56. The van der Waals surface area contributed by atoms with Crippen LogP contribution in [0.2, 0.25) is 0 Å². The van der Waals surface area contributed by atoms with Crippen LogP contribution in [0.5, 0.6) is 5.75 Å². The molecule has 0 spiro atoms. The van der Waals surface area contributed by atoms with Gasteiger partial charge in [0, 0.05) is 45.0 Å². The number of ether oxygens (including phenoxy) is 1. The second-order valence-corrected chi connectivity index (χ2v) is 8.36. The summed E-state index contributed by atoms with van der Waals surface area (Å²) in [5.41, 5.74) is -0.795. The highest BCUT2D eigenvalue weighted by Gasteiger charge is 2.37. The first kappa shape index (κ1) is 23.7. The van der Waals surface area contributed by atoms with Crippen molar-refractivity contribution in [1.29, 1.82) is 0 Å². The number of benzene rings is 1. The van der Waals surface area contributed by atoms with Crippen LogP contribution in [0.3, 0.4) is 0 Å². The van der Waals surface area contributed by atoms with Gasteiger partial charge in [0.1, 0.15) is 17.4 Å². The lowest BCUT2D eigenvalue weighted by Gasteiger charge is -2.37. The van der Waals surface area contributed by atoms with Crippen molar-refractivity contribution in [3.05, 3.63) is 51.9 Å². The predicted octanol–water partition coefficient (Wildman–Crippen LogP) is 2.98. The third kappa shape index (κ3) is 4.10. The lowest BCUT2D eigenvalue weighted by Crippen LogP contribution is -2.51. The number of rotatable bonds is 4. The minimum Gasteiger partial charge on any atom is -0.497 e. The van der Waals surface area contributed by atoms with E-state index in [1.165, 1.54) is 25.6 Å². The number of hydrogen-bond donors (Lipinski definition) is 0. The molecule has 11 heteroatoms. The topological polar surface area (TPSA) is 72.6 Å². The van der Waals surface area contributed by atoms with Gasteiger partial charge in [-0.25, -0.2) is 0 Å². The molecular weight excluding hydrogens is 451 g/mol. The third-order valence-electron chi connectivity index (χ3n) is 6.27. The molecule has 1 aliphatic heterocycles. The van der Waals surface area contributed by atoms with Crippen LogP contribution in [0.25, 0.3) is 11.0 Å². The van der Waals surface area contributed by atoms with Crippen LogP contribution in [0.15, 0.2) is 35.1 Å². The number of pyridine rings is 1. The molecule has 0 bridgehead atoms. The highest BCUT2D eigenvalue weighted by atomic mass is 19.4. The summed E-state index contributed by atoms with van der Waals surface area (Å²) in [6, 6.07) is 7.20. The molecule has 2 aromatic heterocycles. The zero-order valence-corrected chi connectivity index (χ0v) is 19.4. The Morgan fingerprint density at radius 2 is 1.74 bits per heavy atom. The maximum atomic E-state index is 13.6. The highest BCUT2D eigenvalue weighted by molar-refractivity contribution is 5.86. The Labute approximate surface area is 194 Å². The third-order valence-corrected chi connectivity index (χ3v) is 6.27. The van der Waals surface area contributed by atoms with E-state index in [1.54, 1.807) is 12.0 Å². The van der Waals surface area contributed by atoms with Crippen molar-refractivity contribution in [2.45, 2.75) is 26.1 Å². The summed E-state index contributed by atoms with van der Waals surface area (Å²) in [5.74, 6) is 0.432. The number of carbonyl (C=O) groups is 1. The molecule has 3 heterocycles. The van der Waals surface area contributed by atoms with Crippen LogP contribution in [0.4, 0.5) is 18.9 Å². The summed E-state index contributed by atoms with van der Waals surface area (Å²) in [6.07, 6.45) is -4.71. The number of aromatic nitrogens is 3. The van der Waals surface area contributed by atoms with E-state index in [-0.39, 0.29) is 22.6 Å². The summed E-state index contributed by atoms with van der Waals surface area (Å²) < 4.78 is 48.4. The molecule has 0 saturated carbocycles. The first-order valence-electron chi connectivity index (χ1n) is 10.9. The van der Waals surface area contributed by atoms with E-state index in [9.17, 15) is 22.8 Å². The van der Waals surface area contributed by atoms with Gasteiger partial charge in [0.25, 0.3) is 5.56 Å². The number of anilines is 1. The average molecular weight is 477 g/mol. The van der Waals surface area contributed by atoms with Gasteiger partial charge in [-0.3, -0.25) is 18.8 Å². The first-order chi connectivity index (χ1) is 16.0. The summed E-state index contributed by atoms with van der Waals surface area (Å²) >= 11 is 0. The highest BCUT2D eigenvalue weighted by Crippen LogP contribution is 2.35. The number of piperazine rings is 1. The van der Waals surface area contributed by atoms with Crippen molar-refractivity contribution in [2.75, 3.05) is 38.2 Å². The zero-order chi connectivity index (χ0) is 24.8. The van der Waals surface area contributed by atoms with Crippen LogP contribution < -0.4 is 15.2 Å². The molecule has 1 amide bonds. The quantitative estimate of drug-likeness (QED) is 0.578. The van der Waals surface area contributed by atoms with E-state index >= 15 is 0 Å². The maximum Gasteiger partial charge on any atom is 0.417 e. The van der Waals surface area contributed by atoms with Gasteiger partial charge < -0.3 is 14.5 Å². The van der Waals surface area contributed by atoms with Crippen LogP contribution in [0, 0.1) is 6.92 Å². The lowest BCUT2D eigenvalue weighted by atomic mass is 10.1. The Kier molecular flexibility index (Phi) is 6.05. The fraction of sp³-hybridized carbons (Fsp3) is 0.435. The number of aryl methyl sites for hydroxylation is 2. The Morgan fingerprint density at radius 3 is 2.29 bits per heavy atom. The summed E-state index contributed by atoms with van der Waals surface area (Å²) in [6.45, 7) is 5.03. The molecule has 1 aliphatic rings. The molecule has 1 aromatic carbocycles. The van der Waals surface area contributed by atoms with E-state index in [4.69, 9.17) is 4.74 Å². The molecule has 8 nitrogen and oxygen atoms in total. The number of amides is 1. The van der Waals surface area contributed by atoms with E-state index in [0.717, 1.165) is 16.0 Å². The van der Waals surface area contributed by atoms with E-state index in [0.29, 0.717) is 32.2 Å². The number of halogens is 3. The summed E-state index contributed by atoms with van der Waals surface area (Å²) in [7, 11) is 3.07. The Hall–Kier alpha value is -3.50. The lowest BCUT2D eigenvalue weighted by molar-refractivity contribution is -0.136. The van der Waals surface area contributed by atoms with Gasteiger partial charge in [-0.15, -0.1) is 0 Å². The number of methoxy groups -OCH3 is 1. The second-order valence-electron chi connectivity index (χ2n) is 8.36. The SMILES string of the molecule is COc1ccc(N2CCN(C(=O)C(C)n3c(=O)cc(C(F)(F)F)c4c(C)nn(C)c43)CC2)cc1. The van der Waals surface area contributed by atoms with Crippen LogP contribution in [-0.2, 0) is 18.0 Å². The predicted molar refractivity (Wildman–Crippen MR) is 121 cm³/mol. The van der Waals surface area contributed by atoms with Gasteiger partial charge >= 0.3 is 6.18 Å². The van der Waals surface area contributed by atoms with Crippen LogP contribution in [-0.4, -0.2) is 58.4 Å². The second kappa shape index (κ2) is 8.69. The van der Waals surface area contributed by atoms with Gasteiger partial charge in [-0.1, -0.05) is 0 Å². The van der Waals surface area contributed by atoms with E-state index in [1.807, 2.05) is 24.3 Å². The number of hydrogen-bond acceptors (Lipinski definition) is 5. The van der Waals surface area contributed by atoms with E-state index in [2.05, 4.69) is 10.00 Å². The molecule has 3 aromatic rings. The smallest absolute Gasteiger partial charge is 0.417 e. The summed E-state index contributed by atoms with van der Waals surface area (Å²) in [5, 5.41) is 3.92. The number of alkyl halides is 3. The number of fused-ring (bicyclic) bond motifs is 1. The molecular formula is C23H26F3N5O3. The Morgan fingerprint density at radius 1 is 1.12 bits per heavy atom. The van der Waals surface area contributed by atoms with Crippen molar-refractivity contribution in [1.82, 2.24) is 19.2 Å². The van der Waals surface area contributed by atoms with Gasteiger partial charge in [0.15, 0.2) is 0 Å². The van der Waals surface area contributed by atoms with Gasteiger partial charge in [-0.05, 0) is 38.1 Å². The average Bonchev–Trinajstić information content (AvgIpc) is 3.10. The zero-order valence-electron chi connectivity index (χ0n) is 19.4. The number of carbonyl (C=O) groups excluding carboxylic acids is 1. The molecule has 34 heavy (non-hydrogen) atoms. The molecule has 1 atom stereocenters. The fourth-order valence-corrected chi connectivity index (χ4v) is 4.56.